The van der Waals surface area contributed by atoms with E-state index in [4.69, 9.17) is 0 Å². The summed E-state index contributed by atoms with van der Waals surface area (Å²) in [5, 5.41) is 3.67. The van der Waals surface area contributed by atoms with Crippen LogP contribution in [-0.2, 0) is 4.79 Å². The zero-order valence-electron chi connectivity index (χ0n) is 12.0. The molecule has 3 fully saturated rings. The minimum atomic E-state index is 0.325. The van der Waals surface area contributed by atoms with Crippen LogP contribution in [0.15, 0.2) is 0 Å². The highest BCUT2D eigenvalue weighted by molar-refractivity contribution is 5.78. The number of amides is 1. The first-order valence-corrected chi connectivity index (χ1v) is 7.65. The fourth-order valence-corrected chi connectivity index (χ4v) is 3.51. The summed E-state index contributed by atoms with van der Waals surface area (Å²) < 4.78 is 0. The Morgan fingerprint density at radius 3 is 2.58 bits per heavy atom. The second-order valence-corrected chi connectivity index (χ2v) is 6.35. The second kappa shape index (κ2) is 5.77. The Hall–Kier alpha value is -0.650. The zero-order chi connectivity index (χ0) is 13.2. The largest absolute Gasteiger partial charge is 0.339 e. The van der Waals surface area contributed by atoms with Gasteiger partial charge in [0, 0.05) is 51.4 Å². The van der Waals surface area contributed by atoms with Crippen LogP contribution in [0.25, 0.3) is 0 Å². The molecule has 0 saturated carbocycles. The van der Waals surface area contributed by atoms with Gasteiger partial charge < -0.3 is 15.1 Å². The lowest BCUT2D eigenvalue weighted by molar-refractivity contribution is -0.134. The summed E-state index contributed by atoms with van der Waals surface area (Å²) in [5.74, 6) is 0.325. The topological polar surface area (TPSA) is 38.8 Å². The molecule has 2 unspecified atom stereocenters. The van der Waals surface area contributed by atoms with Gasteiger partial charge in [-0.2, -0.15) is 0 Å². The number of hydrogen-bond donors (Lipinski definition) is 1. The predicted molar refractivity (Wildman–Crippen MR) is 75.1 cm³/mol. The molecule has 19 heavy (non-hydrogen) atoms. The molecule has 3 aliphatic rings. The first-order valence-electron chi connectivity index (χ1n) is 7.65. The van der Waals surface area contributed by atoms with E-state index in [9.17, 15) is 4.79 Å². The molecule has 0 radical (unpaired) electrons. The zero-order valence-corrected chi connectivity index (χ0v) is 12.0. The number of nitrogens with one attached hydrogen (secondary N) is 1. The van der Waals surface area contributed by atoms with Crippen LogP contribution in [0.2, 0.25) is 0 Å². The van der Waals surface area contributed by atoms with E-state index in [0.717, 1.165) is 39.3 Å². The number of likely N-dealkylation sites (N-methyl/N-ethyl adjacent to an activating group) is 1. The van der Waals surface area contributed by atoms with E-state index >= 15 is 0 Å². The van der Waals surface area contributed by atoms with Gasteiger partial charge in [0.05, 0.1) is 6.54 Å². The van der Waals surface area contributed by atoms with Crippen LogP contribution >= 0.6 is 0 Å². The summed E-state index contributed by atoms with van der Waals surface area (Å²) >= 11 is 0. The fraction of sp³-hybridized carbons (Fsp3) is 0.929. The Morgan fingerprint density at radius 1 is 1.05 bits per heavy atom. The van der Waals surface area contributed by atoms with Gasteiger partial charge in [-0.3, -0.25) is 9.69 Å². The lowest BCUT2D eigenvalue weighted by Gasteiger charge is -2.34. The summed E-state index contributed by atoms with van der Waals surface area (Å²) in [6, 6.07) is 1.32. The van der Waals surface area contributed by atoms with Crippen LogP contribution in [0.3, 0.4) is 0 Å². The molecule has 5 heteroatoms. The van der Waals surface area contributed by atoms with Crippen molar-refractivity contribution in [1.82, 2.24) is 20.0 Å². The summed E-state index contributed by atoms with van der Waals surface area (Å²) in [4.78, 5) is 19.0. The molecule has 0 aromatic heterocycles. The molecular formula is C14H26N4O. The van der Waals surface area contributed by atoms with Crippen LogP contribution < -0.4 is 5.32 Å². The molecule has 3 aliphatic heterocycles. The summed E-state index contributed by atoms with van der Waals surface area (Å²) in [7, 11) is 2.12. The van der Waals surface area contributed by atoms with Crippen LogP contribution in [-0.4, -0.2) is 85.6 Å². The molecule has 0 aromatic carbocycles. The molecule has 1 amide bonds. The number of nitrogens with zero attached hydrogens (tertiary/aromatic N) is 3. The van der Waals surface area contributed by atoms with Crippen molar-refractivity contribution in [2.75, 3.05) is 52.9 Å². The number of rotatable bonds is 2. The molecule has 3 heterocycles. The van der Waals surface area contributed by atoms with Gasteiger partial charge in [-0.25, -0.2) is 0 Å². The van der Waals surface area contributed by atoms with Crippen molar-refractivity contribution in [3.63, 3.8) is 0 Å². The lowest BCUT2D eigenvalue weighted by Crippen LogP contribution is -2.50. The SMILES string of the molecule is CN1CCN(C(=O)CN2CCC3CCC(C2)N3)CC1. The van der Waals surface area contributed by atoms with E-state index in [-0.39, 0.29) is 0 Å². The standard InChI is InChI=1S/C14H26N4O/c1-16-6-8-18(9-7-16)14(19)11-17-5-4-12-2-3-13(10-17)15-12/h12-13,15H,2-11H2,1H3. The summed E-state index contributed by atoms with van der Waals surface area (Å²) in [6.45, 7) is 6.56. The average molecular weight is 266 g/mol. The van der Waals surface area contributed by atoms with Crippen LogP contribution in [0.1, 0.15) is 19.3 Å². The Bertz CT molecular complexity index is 327. The van der Waals surface area contributed by atoms with Crippen LogP contribution in [0, 0.1) is 0 Å². The highest BCUT2D eigenvalue weighted by Crippen LogP contribution is 2.20. The van der Waals surface area contributed by atoms with Crippen LogP contribution in [0.5, 0.6) is 0 Å². The number of likely N-dealkylation sites (tertiary alicyclic amines) is 1. The minimum Gasteiger partial charge on any atom is -0.339 e. The molecule has 3 saturated heterocycles. The van der Waals surface area contributed by atoms with Crippen molar-refractivity contribution in [1.29, 1.82) is 0 Å². The number of carbonyl (C=O) groups is 1. The first-order chi connectivity index (χ1) is 9.20. The van der Waals surface area contributed by atoms with Gasteiger partial charge in [-0.15, -0.1) is 0 Å². The Balaban J connectivity index is 1.49. The van der Waals surface area contributed by atoms with E-state index in [1.165, 1.54) is 19.3 Å². The highest BCUT2D eigenvalue weighted by atomic mass is 16.2. The van der Waals surface area contributed by atoms with Crippen molar-refractivity contribution in [3.05, 3.63) is 0 Å². The minimum absolute atomic E-state index is 0.325. The molecular weight excluding hydrogens is 240 g/mol. The van der Waals surface area contributed by atoms with Crippen LogP contribution in [0.4, 0.5) is 0 Å². The van der Waals surface area contributed by atoms with Gasteiger partial charge in [-0.05, 0) is 26.3 Å². The first kappa shape index (κ1) is 13.3. The third-order valence-electron chi connectivity index (χ3n) is 4.82. The van der Waals surface area contributed by atoms with E-state index in [1.807, 2.05) is 4.90 Å². The van der Waals surface area contributed by atoms with E-state index in [1.54, 1.807) is 0 Å². The monoisotopic (exact) mass is 266 g/mol. The highest BCUT2D eigenvalue weighted by Gasteiger charge is 2.30. The van der Waals surface area contributed by atoms with E-state index in [0.29, 0.717) is 24.5 Å². The van der Waals surface area contributed by atoms with Crippen molar-refractivity contribution in [2.45, 2.75) is 31.3 Å². The summed E-state index contributed by atoms with van der Waals surface area (Å²) in [6.07, 6.45) is 3.81. The molecule has 3 rings (SSSR count). The maximum absolute atomic E-state index is 12.3. The molecule has 2 bridgehead atoms. The van der Waals surface area contributed by atoms with E-state index in [2.05, 4.69) is 22.2 Å². The van der Waals surface area contributed by atoms with Crippen molar-refractivity contribution in [2.24, 2.45) is 0 Å². The smallest absolute Gasteiger partial charge is 0.236 e. The summed E-state index contributed by atoms with van der Waals surface area (Å²) in [5.41, 5.74) is 0. The predicted octanol–water partition coefficient (Wildman–Crippen LogP) is -0.413. The molecule has 2 atom stereocenters. The van der Waals surface area contributed by atoms with Crippen molar-refractivity contribution >= 4 is 5.91 Å². The molecule has 1 N–H and O–H groups in total. The Labute approximate surface area is 115 Å². The fourth-order valence-electron chi connectivity index (χ4n) is 3.51. The molecule has 5 nitrogen and oxygen atoms in total. The van der Waals surface area contributed by atoms with Gasteiger partial charge in [0.1, 0.15) is 0 Å². The average Bonchev–Trinajstić information content (AvgIpc) is 2.73. The maximum Gasteiger partial charge on any atom is 0.236 e. The second-order valence-electron chi connectivity index (χ2n) is 6.35. The van der Waals surface area contributed by atoms with Gasteiger partial charge in [0.2, 0.25) is 5.91 Å². The van der Waals surface area contributed by atoms with Gasteiger partial charge in [-0.1, -0.05) is 0 Å². The Kier molecular flexibility index (Phi) is 4.05. The lowest BCUT2D eigenvalue weighted by atomic mass is 10.1. The molecule has 0 aromatic rings. The quantitative estimate of drug-likeness (QED) is 0.737. The third kappa shape index (κ3) is 3.27. The van der Waals surface area contributed by atoms with Gasteiger partial charge in [0.25, 0.3) is 0 Å². The van der Waals surface area contributed by atoms with Gasteiger partial charge in [0.15, 0.2) is 0 Å². The number of hydrogen-bond acceptors (Lipinski definition) is 4. The van der Waals surface area contributed by atoms with Crippen molar-refractivity contribution in [3.8, 4) is 0 Å². The van der Waals surface area contributed by atoms with Gasteiger partial charge >= 0.3 is 0 Å². The molecule has 0 spiro atoms. The number of fused-ring (bicyclic) bond motifs is 2. The molecule has 108 valence electrons. The number of carbonyl (C=O) groups excluding carboxylic acids is 1. The number of piperazine rings is 1. The normalized spacial score (nSPS) is 33.4. The maximum atomic E-state index is 12.3. The van der Waals surface area contributed by atoms with Crippen molar-refractivity contribution < 1.29 is 4.79 Å². The van der Waals surface area contributed by atoms with E-state index < -0.39 is 0 Å². The molecule has 0 aliphatic carbocycles. The Morgan fingerprint density at radius 2 is 1.79 bits per heavy atom. The third-order valence-corrected chi connectivity index (χ3v) is 4.82.